The molecule has 110 valence electrons. The second-order valence-electron chi connectivity index (χ2n) is 5.07. The summed E-state index contributed by atoms with van der Waals surface area (Å²) < 4.78 is 4.21. The number of thiophene rings is 1. The lowest BCUT2D eigenvalue weighted by molar-refractivity contribution is 0.795. The van der Waals surface area contributed by atoms with E-state index in [2.05, 4.69) is 35.0 Å². The van der Waals surface area contributed by atoms with E-state index in [0.717, 1.165) is 25.9 Å². The summed E-state index contributed by atoms with van der Waals surface area (Å²) in [7, 11) is 3.55. The van der Waals surface area contributed by atoms with Crippen LogP contribution in [0.15, 0.2) is 33.5 Å². The molecule has 0 radical (unpaired) electrons. The quantitative estimate of drug-likeness (QED) is 0.603. The van der Waals surface area contributed by atoms with E-state index >= 15 is 0 Å². The molecule has 0 amide bonds. The van der Waals surface area contributed by atoms with E-state index in [9.17, 15) is 4.79 Å². The molecule has 0 bridgehead atoms. The zero-order valence-electron chi connectivity index (χ0n) is 11.9. The number of aryl methyl sites for hydroxylation is 3. The molecular formula is C15H14BrClN2OS. The molecule has 0 aliphatic carbocycles. The van der Waals surface area contributed by atoms with Gasteiger partial charge in [0.05, 0.1) is 16.4 Å². The number of hydrogen-bond donors (Lipinski definition) is 0. The summed E-state index contributed by atoms with van der Waals surface area (Å²) in [6.07, 6.45) is 0. The summed E-state index contributed by atoms with van der Waals surface area (Å²) in [5, 5.41) is -0.224. The standard InChI is InChI=1S/C15H14BrClN2OS/c1-8-4-5-13(21-8)14(17)9-6-11-12(7-10(9)16)19(3)15(20)18(11)2/h4-7,14H,1-3H3. The van der Waals surface area contributed by atoms with Crippen LogP contribution in [0.4, 0.5) is 0 Å². The molecule has 0 spiro atoms. The van der Waals surface area contributed by atoms with Crippen molar-refractivity contribution in [1.82, 2.24) is 9.13 Å². The Hall–Kier alpha value is -1.04. The molecule has 1 atom stereocenters. The first kappa shape index (κ1) is 14.9. The minimum absolute atomic E-state index is 0.0351. The van der Waals surface area contributed by atoms with Gasteiger partial charge in [-0.2, -0.15) is 0 Å². The summed E-state index contributed by atoms with van der Waals surface area (Å²) in [6, 6.07) is 8.08. The highest BCUT2D eigenvalue weighted by molar-refractivity contribution is 9.10. The number of aromatic nitrogens is 2. The highest BCUT2D eigenvalue weighted by Crippen LogP contribution is 2.38. The SMILES string of the molecule is Cc1ccc(C(Cl)c2cc3c(cc2Br)n(C)c(=O)n3C)s1. The monoisotopic (exact) mass is 384 g/mol. The van der Waals surface area contributed by atoms with E-state index in [1.54, 1.807) is 34.6 Å². The predicted octanol–water partition coefficient (Wildman–Crippen LogP) is 4.34. The molecular weight excluding hydrogens is 372 g/mol. The van der Waals surface area contributed by atoms with Crippen LogP contribution in [0.5, 0.6) is 0 Å². The van der Waals surface area contributed by atoms with Crippen molar-refractivity contribution in [2.24, 2.45) is 14.1 Å². The van der Waals surface area contributed by atoms with E-state index in [1.807, 2.05) is 12.1 Å². The maximum absolute atomic E-state index is 12.0. The van der Waals surface area contributed by atoms with Crippen LogP contribution < -0.4 is 5.69 Å². The molecule has 1 unspecified atom stereocenters. The first-order valence-corrected chi connectivity index (χ1v) is 8.50. The third-order valence-electron chi connectivity index (χ3n) is 3.67. The smallest absolute Gasteiger partial charge is 0.295 e. The Labute approximate surface area is 139 Å². The van der Waals surface area contributed by atoms with E-state index in [1.165, 1.54) is 4.88 Å². The van der Waals surface area contributed by atoms with E-state index < -0.39 is 0 Å². The molecule has 3 rings (SSSR count). The van der Waals surface area contributed by atoms with Crippen molar-refractivity contribution < 1.29 is 0 Å². The summed E-state index contributed by atoms with van der Waals surface area (Å²) >= 11 is 11.9. The average molecular weight is 386 g/mol. The first-order valence-electron chi connectivity index (χ1n) is 6.45. The predicted molar refractivity (Wildman–Crippen MR) is 92.6 cm³/mol. The largest absolute Gasteiger partial charge is 0.328 e. The van der Waals surface area contributed by atoms with Crippen LogP contribution in [0.3, 0.4) is 0 Å². The molecule has 1 aromatic carbocycles. The van der Waals surface area contributed by atoms with Crippen LogP contribution in [0, 0.1) is 6.92 Å². The normalized spacial score (nSPS) is 13.0. The summed E-state index contributed by atoms with van der Waals surface area (Å²) in [5.74, 6) is 0. The highest BCUT2D eigenvalue weighted by atomic mass is 79.9. The Morgan fingerprint density at radius 1 is 1.19 bits per heavy atom. The highest BCUT2D eigenvalue weighted by Gasteiger charge is 2.19. The molecule has 21 heavy (non-hydrogen) atoms. The Morgan fingerprint density at radius 2 is 1.81 bits per heavy atom. The summed E-state index contributed by atoms with van der Waals surface area (Å²) in [5.41, 5.74) is 2.73. The van der Waals surface area contributed by atoms with Gasteiger partial charge in [0, 0.05) is 28.3 Å². The minimum Gasteiger partial charge on any atom is -0.295 e. The van der Waals surface area contributed by atoms with Crippen molar-refractivity contribution in [2.75, 3.05) is 0 Å². The number of rotatable bonds is 2. The fourth-order valence-corrected chi connectivity index (χ4v) is 4.43. The Morgan fingerprint density at radius 3 is 2.38 bits per heavy atom. The lowest BCUT2D eigenvalue weighted by atomic mass is 10.1. The van der Waals surface area contributed by atoms with Crippen molar-refractivity contribution in [3.05, 3.63) is 54.5 Å². The molecule has 3 nitrogen and oxygen atoms in total. The third-order valence-corrected chi connectivity index (χ3v) is 6.03. The number of benzene rings is 1. The molecule has 0 aliphatic rings. The van der Waals surface area contributed by atoms with Crippen molar-refractivity contribution in [3.8, 4) is 0 Å². The van der Waals surface area contributed by atoms with E-state index in [4.69, 9.17) is 11.6 Å². The average Bonchev–Trinajstić information content (AvgIpc) is 2.97. The Kier molecular flexibility index (Phi) is 3.76. The second-order valence-corrected chi connectivity index (χ2v) is 7.68. The molecule has 0 saturated heterocycles. The van der Waals surface area contributed by atoms with Crippen LogP contribution in [0.2, 0.25) is 0 Å². The first-order chi connectivity index (χ1) is 9.90. The van der Waals surface area contributed by atoms with Crippen LogP contribution >= 0.6 is 38.9 Å². The molecule has 0 fully saturated rings. The maximum atomic E-state index is 12.0. The van der Waals surface area contributed by atoms with Gasteiger partial charge in [-0.25, -0.2) is 4.79 Å². The lowest BCUT2D eigenvalue weighted by Crippen LogP contribution is -2.19. The van der Waals surface area contributed by atoms with Crippen LogP contribution in [0.25, 0.3) is 11.0 Å². The van der Waals surface area contributed by atoms with Gasteiger partial charge in [-0.1, -0.05) is 15.9 Å². The van der Waals surface area contributed by atoms with Gasteiger partial charge in [-0.15, -0.1) is 22.9 Å². The van der Waals surface area contributed by atoms with Gasteiger partial charge in [0.25, 0.3) is 0 Å². The second kappa shape index (κ2) is 5.30. The summed E-state index contributed by atoms with van der Waals surface area (Å²) in [6.45, 7) is 2.07. The molecule has 6 heteroatoms. The number of fused-ring (bicyclic) bond motifs is 1. The van der Waals surface area contributed by atoms with Gasteiger partial charge in [0.1, 0.15) is 0 Å². The van der Waals surface area contributed by atoms with Crippen molar-refractivity contribution in [3.63, 3.8) is 0 Å². The van der Waals surface area contributed by atoms with E-state index in [0.29, 0.717) is 0 Å². The Bertz CT molecular complexity index is 893. The maximum Gasteiger partial charge on any atom is 0.328 e. The number of alkyl halides is 1. The molecule has 3 aromatic rings. The fraction of sp³-hybridized carbons (Fsp3) is 0.267. The molecule has 0 aliphatic heterocycles. The fourth-order valence-electron chi connectivity index (χ4n) is 2.47. The zero-order valence-corrected chi connectivity index (χ0v) is 15.0. The van der Waals surface area contributed by atoms with Crippen molar-refractivity contribution in [2.45, 2.75) is 12.3 Å². The Balaban J connectivity index is 2.21. The topological polar surface area (TPSA) is 26.9 Å². The number of halogens is 2. The third kappa shape index (κ3) is 2.37. The van der Waals surface area contributed by atoms with Crippen molar-refractivity contribution in [1.29, 1.82) is 0 Å². The number of imidazole rings is 1. The number of hydrogen-bond acceptors (Lipinski definition) is 2. The van der Waals surface area contributed by atoms with Gasteiger partial charge >= 0.3 is 5.69 Å². The van der Waals surface area contributed by atoms with Crippen LogP contribution in [0.1, 0.15) is 20.7 Å². The van der Waals surface area contributed by atoms with Crippen LogP contribution in [-0.4, -0.2) is 9.13 Å². The molecule has 0 saturated carbocycles. The zero-order chi connectivity index (χ0) is 15.3. The van der Waals surface area contributed by atoms with Gasteiger partial charge < -0.3 is 0 Å². The van der Waals surface area contributed by atoms with Gasteiger partial charge in [0.2, 0.25) is 0 Å². The summed E-state index contributed by atoms with van der Waals surface area (Å²) in [4.78, 5) is 14.4. The minimum atomic E-state index is -0.224. The van der Waals surface area contributed by atoms with Gasteiger partial charge in [-0.3, -0.25) is 9.13 Å². The number of nitrogens with zero attached hydrogens (tertiary/aromatic N) is 2. The van der Waals surface area contributed by atoms with Crippen molar-refractivity contribution >= 4 is 49.9 Å². The van der Waals surface area contributed by atoms with Gasteiger partial charge in [-0.05, 0) is 36.8 Å². The lowest BCUT2D eigenvalue weighted by Gasteiger charge is -2.11. The van der Waals surface area contributed by atoms with E-state index in [-0.39, 0.29) is 11.1 Å². The molecule has 2 heterocycles. The molecule has 0 N–H and O–H groups in total. The van der Waals surface area contributed by atoms with Crippen LogP contribution in [-0.2, 0) is 14.1 Å². The van der Waals surface area contributed by atoms with Gasteiger partial charge in [0.15, 0.2) is 0 Å². The molecule has 2 aromatic heterocycles.